The normalized spacial score (nSPS) is 17.9. The molecular formula is C28H15BrS6. The maximum atomic E-state index is 3.99. The predicted octanol–water partition coefficient (Wildman–Crippen LogP) is 11.0. The maximum absolute atomic E-state index is 3.99. The first kappa shape index (κ1) is 22.0. The van der Waals surface area contributed by atoms with Crippen molar-refractivity contribution in [3.8, 4) is 22.3 Å². The van der Waals surface area contributed by atoms with E-state index in [0.717, 1.165) is 0 Å². The van der Waals surface area contributed by atoms with Gasteiger partial charge in [-0.15, -0.1) is 22.7 Å². The highest BCUT2D eigenvalue weighted by Crippen LogP contribution is 2.83. The quantitative estimate of drug-likeness (QED) is 0.182. The van der Waals surface area contributed by atoms with Crippen molar-refractivity contribution in [2.75, 3.05) is 0 Å². The third-order valence-electron chi connectivity index (χ3n) is 6.62. The van der Waals surface area contributed by atoms with Gasteiger partial charge in [0.2, 0.25) is 0 Å². The first-order chi connectivity index (χ1) is 17.2. The van der Waals surface area contributed by atoms with Crippen LogP contribution >= 0.6 is 85.7 Å². The Morgan fingerprint density at radius 3 is 1.51 bits per heavy atom. The van der Waals surface area contributed by atoms with Crippen LogP contribution in [0.4, 0.5) is 0 Å². The minimum Gasteiger partial charge on any atom is -0.145 e. The monoisotopic (exact) mass is 622 g/mol. The largest absolute Gasteiger partial charge is 0.145 e. The molecule has 2 spiro atoms. The molecule has 0 saturated carbocycles. The van der Waals surface area contributed by atoms with Crippen molar-refractivity contribution in [1.82, 2.24) is 0 Å². The number of hydrogen-bond donors (Lipinski definition) is 0. The molecule has 0 bridgehead atoms. The van der Waals surface area contributed by atoms with E-state index in [9.17, 15) is 0 Å². The molecule has 170 valence electrons. The van der Waals surface area contributed by atoms with E-state index in [1.807, 2.05) is 22.7 Å². The number of hydrogen-bond acceptors (Lipinski definition) is 6. The van der Waals surface area contributed by atoms with E-state index in [-0.39, 0.29) is 8.16 Å². The molecule has 4 heterocycles. The van der Waals surface area contributed by atoms with Crippen molar-refractivity contribution < 1.29 is 0 Å². The molecule has 1 aliphatic carbocycles. The molecule has 0 radical (unpaired) electrons. The molecule has 5 aromatic rings. The van der Waals surface area contributed by atoms with Crippen molar-refractivity contribution in [1.29, 1.82) is 0 Å². The number of benzene rings is 3. The molecule has 2 aromatic heterocycles. The molecular weight excluding hydrogens is 609 g/mol. The fraction of sp³-hybridized carbons (Fsp3) is 0.0714. The van der Waals surface area contributed by atoms with Gasteiger partial charge in [0.25, 0.3) is 0 Å². The Morgan fingerprint density at radius 2 is 0.971 bits per heavy atom. The molecule has 0 atom stereocenters. The summed E-state index contributed by atoms with van der Waals surface area (Å²) in [7, 11) is 0. The highest BCUT2D eigenvalue weighted by molar-refractivity contribution is 9.10. The Morgan fingerprint density at radius 1 is 0.514 bits per heavy atom. The van der Waals surface area contributed by atoms with Gasteiger partial charge in [0.15, 0.2) is 0 Å². The number of thioether (sulfide) groups is 4. The van der Waals surface area contributed by atoms with Gasteiger partial charge in [0.05, 0.1) is 0 Å². The molecule has 0 N–H and O–H groups in total. The number of halogens is 1. The highest BCUT2D eigenvalue weighted by Gasteiger charge is 2.66. The third-order valence-corrected chi connectivity index (χ3v) is 17.5. The van der Waals surface area contributed by atoms with Crippen molar-refractivity contribution in [2.45, 2.75) is 27.7 Å². The van der Waals surface area contributed by atoms with Gasteiger partial charge in [-0.3, -0.25) is 0 Å². The van der Waals surface area contributed by atoms with Crippen molar-refractivity contribution >= 4 is 85.7 Å². The van der Waals surface area contributed by atoms with Crippen LogP contribution in [0, 0.1) is 0 Å². The van der Waals surface area contributed by atoms with Crippen LogP contribution in [-0.2, 0) is 8.16 Å². The Balaban J connectivity index is 1.46. The molecule has 0 fully saturated rings. The lowest BCUT2D eigenvalue weighted by molar-refractivity contribution is 0.812. The molecule has 3 aromatic carbocycles. The van der Waals surface area contributed by atoms with Crippen LogP contribution in [0.15, 0.2) is 114 Å². The summed E-state index contributed by atoms with van der Waals surface area (Å²) in [5, 5.41) is 4.71. The summed E-state index contributed by atoms with van der Waals surface area (Å²) in [4.78, 5) is 8.55. The summed E-state index contributed by atoms with van der Waals surface area (Å²) in [5.74, 6) is 0. The molecule has 0 nitrogen and oxygen atoms in total. The summed E-state index contributed by atoms with van der Waals surface area (Å²) in [6, 6.07) is 28.8. The van der Waals surface area contributed by atoms with Gasteiger partial charge in [-0.25, -0.2) is 0 Å². The van der Waals surface area contributed by atoms with E-state index >= 15 is 0 Å². The second-order valence-electron chi connectivity index (χ2n) is 8.54. The number of fused-ring (bicyclic) bond motifs is 8. The summed E-state index contributed by atoms with van der Waals surface area (Å²) in [6.45, 7) is 0. The van der Waals surface area contributed by atoms with Gasteiger partial charge in [0.1, 0.15) is 8.16 Å². The van der Waals surface area contributed by atoms with Gasteiger partial charge in [0, 0.05) is 55.9 Å². The van der Waals surface area contributed by atoms with Gasteiger partial charge >= 0.3 is 0 Å². The summed E-state index contributed by atoms with van der Waals surface area (Å²) in [6.07, 6.45) is 0. The van der Waals surface area contributed by atoms with Gasteiger partial charge in [-0.05, 0) is 51.1 Å². The molecule has 0 saturated heterocycles. The standard InChI is InChI=1S/C28H15BrS6/c29-18-15-31-26-24(18)23-17(16-8-2-1-3-9-16)14-30-25(23)27(32-19-10-4-5-11-20(19)33-27)28(26)34-21-12-6-7-13-22(21)35-28/h1-15H. The van der Waals surface area contributed by atoms with E-state index in [1.54, 1.807) is 0 Å². The molecule has 8 rings (SSSR count). The Bertz CT molecular complexity index is 1580. The topological polar surface area (TPSA) is 0 Å². The van der Waals surface area contributed by atoms with E-state index in [0.29, 0.717) is 0 Å². The van der Waals surface area contributed by atoms with E-state index in [2.05, 4.69) is 153 Å². The molecule has 0 amide bonds. The minimum atomic E-state index is -0.157. The van der Waals surface area contributed by atoms with Gasteiger partial charge in [-0.2, -0.15) is 0 Å². The summed E-state index contributed by atoms with van der Waals surface area (Å²) >= 11 is 16.1. The second-order valence-corrected chi connectivity index (χ2v) is 16.7. The molecule has 35 heavy (non-hydrogen) atoms. The number of thiophene rings is 2. The van der Waals surface area contributed by atoms with Crippen LogP contribution in [-0.4, -0.2) is 0 Å². The Kier molecular flexibility index (Phi) is 5.00. The molecule has 0 unspecified atom stereocenters. The van der Waals surface area contributed by atoms with Gasteiger partial charge < -0.3 is 0 Å². The summed E-state index contributed by atoms with van der Waals surface area (Å²) in [5.41, 5.74) is 5.45. The third kappa shape index (κ3) is 2.92. The van der Waals surface area contributed by atoms with Crippen molar-refractivity contribution in [3.63, 3.8) is 0 Å². The van der Waals surface area contributed by atoms with Crippen molar-refractivity contribution in [2.24, 2.45) is 0 Å². The first-order valence-electron chi connectivity index (χ1n) is 11.1. The van der Waals surface area contributed by atoms with Crippen LogP contribution in [0.5, 0.6) is 0 Å². The smallest absolute Gasteiger partial charge is 0.134 e. The molecule has 2 aliphatic heterocycles. The zero-order valence-corrected chi connectivity index (χ0v) is 24.5. The van der Waals surface area contributed by atoms with Gasteiger partial charge in [-0.1, -0.05) is 102 Å². The minimum absolute atomic E-state index is 0.150. The molecule has 3 aliphatic rings. The Labute approximate surface area is 237 Å². The van der Waals surface area contributed by atoms with E-state index < -0.39 is 0 Å². The lowest BCUT2D eigenvalue weighted by Gasteiger charge is -2.46. The van der Waals surface area contributed by atoms with E-state index in [1.165, 1.54) is 56.1 Å². The lowest BCUT2D eigenvalue weighted by atomic mass is 9.90. The van der Waals surface area contributed by atoms with Crippen LogP contribution in [0.25, 0.3) is 22.3 Å². The van der Waals surface area contributed by atoms with Crippen LogP contribution < -0.4 is 0 Å². The number of rotatable bonds is 1. The van der Waals surface area contributed by atoms with Crippen LogP contribution in [0.1, 0.15) is 9.75 Å². The lowest BCUT2D eigenvalue weighted by Crippen LogP contribution is -2.39. The first-order valence-corrected chi connectivity index (χ1v) is 16.9. The highest BCUT2D eigenvalue weighted by atomic mass is 79.9. The molecule has 7 heteroatoms. The van der Waals surface area contributed by atoms with Crippen LogP contribution in [0.3, 0.4) is 0 Å². The van der Waals surface area contributed by atoms with Crippen molar-refractivity contribution in [3.05, 3.63) is 104 Å². The maximum Gasteiger partial charge on any atom is 0.134 e. The fourth-order valence-electron chi connectivity index (χ4n) is 5.14. The average molecular weight is 624 g/mol. The zero-order chi connectivity index (χ0) is 23.2. The van der Waals surface area contributed by atoms with E-state index in [4.69, 9.17) is 0 Å². The second kappa shape index (κ2) is 7.97. The zero-order valence-electron chi connectivity index (χ0n) is 18.0. The summed E-state index contributed by atoms with van der Waals surface area (Å²) < 4.78 is 0.907. The average Bonchev–Trinajstić information content (AvgIpc) is 3.65. The SMILES string of the molecule is Brc1csc2c1-c1c(-c3ccccc3)csc1C1(Sc3ccccc3S1)C21Sc2ccccc2S1. The fourth-order valence-corrected chi connectivity index (χ4v) is 16.5. The predicted molar refractivity (Wildman–Crippen MR) is 160 cm³/mol. The Hall–Kier alpha value is -1.06. The van der Waals surface area contributed by atoms with Crippen LogP contribution in [0.2, 0.25) is 0 Å².